The second kappa shape index (κ2) is 2.69. The van der Waals surface area contributed by atoms with Crippen LogP contribution in [0.5, 0.6) is 0 Å². The van der Waals surface area contributed by atoms with Crippen molar-refractivity contribution < 1.29 is 4.79 Å². The van der Waals surface area contributed by atoms with Gasteiger partial charge < -0.3 is 0 Å². The van der Waals surface area contributed by atoms with Crippen LogP contribution in [-0.2, 0) is 10.2 Å². The minimum absolute atomic E-state index is 0.130. The van der Waals surface area contributed by atoms with Crippen molar-refractivity contribution >= 4 is 5.78 Å². The van der Waals surface area contributed by atoms with Gasteiger partial charge in [0.25, 0.3) is 0 Å². The molecule has 1 saturated carbocycles. The average Bonchev–Trinajstić information content (AvgIpc) is 2.03. The molecule has 0 amide bonds. The van der Waals surface area contributed by atoms with Crippen LogP contribution in [0.3, 0.4) is 0 Å². The number of carbonyl (C=O) groups excluding carboxylic acids is 1. The lowest BCUT2D eigenvalue weighted by atomic mass is 9.65. The van der Waals surface area contributed by atoms with Gasteiger partial charge in [0.1, 0.15) is 5.78 Å². The quantitative estimate of drug-likeness (QED) is 0.639. The van der Waals surface area contributed by atoms with Crippen molar-refractivity contribution in [2.45, 2.75) is 32.1 Å². The summed E-state index contributed by atoms with van der Waals surface area (Å²) in [6, 6.07) is 8.51. The van der Waals surface area contributed by atoms with Gasteiger partial charge in [-0.2, -0.15) is 0 Å². The highest BCUT2D eigenvalue weighted by molar-refractivity contribution is 5.88. The van der Waals surface area contributed by atoms with Crippen LogP contribution < -0.4 is 0 Å². The minimum atomic E-state index is 0.130. The van der Waals surface area contributed by atoms with E-state index in [9.17, 15) is 4.79 Å². The van der Waals surface area contributed by atoms with Crippen LogP contribution in [0.2, 0.25) is 0 Å². The van der Waals surface area contributed by atoms with E-state index in [-0.39, 0.29) is 5.41 Å². The van der Waals surface area contributed by atoms with Crippen molar-refractivity contribution in [3.8, 4) is 0 Å². The van der Waals surface area contributed by atoms with Gasteiger partial charge in [-0.25, -0.2) is 0 Å². The van der Waals surface area contributed by atoms with Crippen molar-refractivity contribution in [1.82, 2.24) is 0 Å². The number of aryl methyl sites for hydroxylation is 1. The van der Waals surface area contributed by atoms with Crippen LogP contribution in [0, 0.1) is 6.92 Å². The summed E-state index contributed by atoms with van der Waals surface area (Å²) < 4.78 is 0. The fourth-order valence-corrected chi connectivity index (χ4v) is 1.98. The topological polar surface area (TPSA) is 17.1 Å². The summed E-state index contributed by atoms with van der Waals surface area (Å²) in [6.07, 6.45) is 1.44. The lowest BCUT2D eigenvalue weighted by Crippen LogP contribution is -2.38. The van der Waals surface area contributed by atoms with Gasteiger partial charge in [0.2, 0.25) is 0 Å². The largest absolute Gasteiger partial charge is 0.300 e. The molecule has 1 aromatic rings. The van der Waals surface area contributed by atoms with E-state index in [1.54, 1.807) is 0 Å². The molecule has 1 heteroatoms. The van der Waals surface area contributed by atoms with E-state index in [0.717, 1.165) is 12.8 Å². The summed E-state index contributed by atoms with van der Waals surface area (Å²) in [6.45, 7) is 4.25. The molecule has 0 atom stereocenters. The monoisotopic (exact) mass is 174 g/mol. The number of hydrogen-bond donors (Lipinski definition) is 0. The third-order valence-electron chi connectivity index (χ3n) is 2.92. The number of ketones is 1. The van der Waals surface area contributed by atoms with Crippen LogP contribution in [-0.4, -0.2) is 5.78 Å². The van der Waals surface area contributed by atoms with Gasteiger partial charge in [-0.15, -0.1) is 0 Å². The Morgan fingerprint density at radius 3 is 2.15 bits per heavy atom. The second-order valence-electron chi connectivity index (χ2n) is 4.32. The lowest BCUT2D eigenvalue weighted by Gasteiger charge is -2.37. The second-order valence-corrected chi connectivity index (χ2v) is 4.32. The zero-order valence-electron chi connectivity index (χ0n) is 8.13. The Kier molecular flexibility index (Phi) is 1.76. The van der Waals surface area contributed by atoms with Crippen molar-refractivity contribution in [2.24, 2.45) is 0 Å². The number of carbonyl (C=O) groups is 1. The third kappa shape index (κ3) is 1.39. The molecule has 0 bridgehead atoms. The molecule has 0 spiro atoms. The van der Waals surface area contributed by atoms with Crippen LogP contribution >= 0.6 is 0 Å². The molecule has 0 N–H and O–H groups in total. The molecule has 0 aromatic heterocycles. The van der Waals surface area contributed by atoms with Gasteiger partial charge in [-0.1, -0.05) is 36.8 Å². The van der Waals surface area contributed by atoms with Gasteiger partial charge in [0.05, 0.1) is 0 Å². The maximum absolute atomic E-state index is 11.0. The highest BCUT2D eigenvalue weighted by atomic mass is 16.1. The SMILES string of the molecule is Cc1ccc(C2(C)CC(=O)C2)cc1. The van der Waals surface area contributed by atoms with Crippen molar-refractivity contribution in [1.29, 1.82) is 0 Å². The van der Waals surface area contributed by atoms with Gasteiger partial charge in [-0.3, -0.25) is 4.79 Å². The summed E-state index contributed by atoms with van der Waals surface area (Å²) in [7, 11) is 0. The van der Waals surface area contributed by atoms with E-state index in [2.05, 4.69) is 38.1 Å². The Morgan fingerprint density at radius 1 is 1.15 bits per heavy atom. The zero-order valence-corrected chi connectivity index (χ0v) is 8.13. The molecule has 1 aliphatic rings. The van der Waals surface area contributed by atoms with Crippen LogP contribution in [0.4, 0.5) is 0 Å². The number of rotatable bonds is 1. The molecule has 1 aliphatic carbocycles. The van der Waals surface area contributed by atoms with Gasteiger partial charge in [-0.05, 0) is 12.5 Å². The third-order valence-corrected chi connectivity index (χ3v) is 2.92. The number of Topliss-reactive ketones (excluding diaryl/α,β-unsaturated/α-hetero) is 1. The maximum Gasteiger partial charge on any atom is 0.134 e. The van der Waals surface area contributed by atoms with Crippen molar-refractivity contribution in [2.75, 3.05) is 0 Å². The lowest BCUT2D eigenvalue weighted by molar-refractivity contribution is -0.127. The first-order chi connectivity index (χ1) is 6.10. The maximum atomic E-state index is 11.0. The van der Waals surface area contributed by atoms with E-state index in [1.165, 1.54) is 11.1 Å². The predicted molar refractivity (Wildman–Crippen MR) is 52.8 cm³/mol. The van der Waals surface area contributed by atoms with E-state index in [1.807, 2.05) is 0 Å². The molecule has 0 saturated heterocycles. The molecule has 1 fully saturated rings. The highest BCUT2D eigenvalue weighted by Gasteiger charge is 2.40. The van der Waals surface area contributed by atoms with Crippen molar-refractivity contribution in [3.63, 3.8) is 0 Å². The van der Waals surface area contributed by atoms with Gasteiger partial charge in [0, 0.05) is 18.3 Å². The summed E-state index contributed by atoms with van der Waals surface area (Å²) >= 11 is 0. The summed E-state index contributed by atoms with van der Waals surface area (Å²) in [4.78, 5) is 11.0. The van der Waals surface area contributed by atoms with E-state index < -0.39 is 0 Å². The highest BCUT2D eigenvalue weighted by Crippen LogP contribution is 2.40. The standard InChI is InChI=1S/C12H14O/c1-9-3-5-10(6-4-9)12(2)7-11(13)8-12/h3-6H,7-8H2,1-2H3. The van der Waals surface area contributed by atoms with Crippen LogP contribution in [0.15, 0.2) is 24.3 Å². The number of benzene rings is 1. The molecule has 68 valence electrons. The molecule has 0 heterocycles. The van der Waals surface area contributed by atoms with E-state index >= 15 is 0 Å². The molecule has 0 aliphatic heterocycles. The van der Waals surface area contributed by atoms with E-state index in [0.29, 0.717) is 5.78 Å². The molecule has 13 heavy (non-hydrogen) atoms. The molecular weight excluding hydrogens is 160 g/mol. The van der Waals surface area contributed by atoms with Crippen molar-refractivity contribution in [3.05, 3.63) is 35.4 Å². The average molecular weight is 174 g/mol. The first kappa shape index (κ1) is 8.49. The molecule has 1 nitrogen and oxygen atoms in total. The molecule has 0 radical (unpaired) electrons. The predicted octanol–water partition coefficient (Wildman–Crippen LogP) is 2.62. The van der Waals surface area contributed by atoms with Gasteiger partial charge >= 0.3 is 0 Å². The first-order valence-electron chi connectivity index (χ1n) is 4.69. The normalized spacial score (nSPS) is 19.7. The smallest absolute Gasteiger partial charge is 0.134 e. The Hall–Kier alpha value is -1.11. The van der Waals surface area contributed by atoms with Crippen LogP contribution in [0.1, 0.15) is 30.9 Å². The Labute approximate surface area is 78.8 Å². The summed E-state index contributed by atoms with van der Waals surface area (Å²) in [5.41, 5.74) is 2.71. The Bertz CT molecular complexity index is 327. The fraction of sp³-hybridized carbons (Fsp3) is 0.417. The first-order valence-corrected chi connectivity index (χ1v) is 4.69. The summed E-state index contributed by atoms with van der Waals surface area (Å²) in [5, 5.41) is 0. The fourth-order valence-electron chi connectivity index (χ4n) is 1.98. The summed E-state index contributed by atoms with van der Waals surface area (Å²) in [5.74, 6) is 0.392. The zero-order chi connectivity index (χ0) is 9.47. The van der Waals surface area contributed by atoms with Gasteiger partial charge in [0.15, 0.2) is 0 Å². The molecule has 2 rings (SSSR count). The molecule has 1 aromatic carbocycles. The molecular formula is C12H14O. The van der Waals surface area contributed by atoms with Crippen LogP contribution in [0.25, 0.3) is 0 Å². The number of hydrogen-bond acceptors (Lipinski definition) is 1. The van der Waals surface area contributed by atoms with E-state index in [4.69, 9.17) is 0 Å². The Morgan fingerprint density at radius 2 is 1.69 bits per heavy atom. The Balaban J connectivity index is 2.26. The molecule has 0 unspecified atom stereocenters. The minimum Gasteiger partial charge on any atom is -0.300 e.